The van der Waals surface area contributed by atoms with E-state index in [0.717, 1.165) is 16.7 Å². The first kappa shape index (κ1) is 23.5. The molecule has 2 aromatic carbocycles. The van der Waals surface area contributed by atoms with Gasteiger partial charge in [-0.3, -0.25) is 9.10 Å². The Morgan fingerprint density at radius 1 is 1.00 bits per heavy atom. The minimum atomic E-state index is -3.64. The molecule has 0 aliphatic heterocycles. The Morgan fingerprint density at radius 3 is 2.41 bits per heavy atom. The molecule has 0 atom stereocenters. The third-order valence-corrected chi connectivity index (χ3v) is 8.29. The SMILES string of the molecule is Cc1c(C(=O)COC(=O)COc2ccc(N(C)S(=O)(=O)c3cccs3)cc2)oc2ccccc12. The van der Waals surface area contributed by atoms with Gasteiger partial charge < -0.3 is 13.9 Å². The molecule has 176 valence electrons. The molecule has 0 radical (unpaired) electrons. The predicted molar refractivity (Wildman–Crippen MR) is 128 cm³/mol. The highest BCUT2D eigenvalue weighted by molar-refractivity contribution is 7.94. The van der Waals surface area contributed by atoms with Gasteiger partial charge in [-0.25, -0.2) is 13.2 Å². The molecule has 0 spiro atoms. The van der Waals surface area contributed by atoms with Crippen molar-refractivity contribution in [1.29, 1.82) is 0 Å². The summed E-state index contributed by atoms with van der Waals surface area (Å²) in [5.74, 6) is -0.654. The Morgan fingerprint density at radius 2 is 1.74 bits per heavy atom. The van der Waals surface area contributed by atoms with Crippen LogP contribution in [0.15, 0.2) is 74.7 Å². The van der Waals surface area contributed by atoms with Crippen molar-refractivity contribution in [1.82, 2.24) is 0 Å². The first-order valence-electron chi connectivity index (χ1n) is 10.2. The van der Waals surface area contributed by atoms with Crippen molar-refractivity contribution in [2.45, 2.75) is 11.1 Å². The Labute approximate surface area is 200 Å². The number of fused-ring (bicyclic) bond motifs is 1. The van der Waals surface area contributed by atoms with Crippen molar-refractivity contribution < 1.29 is 31.9 Å². The summed E-state index contributed by atoms with van der Waals surface area (Å²) >= 11 is 1.14. The Bertz CT molecular complexity index is 1420. The number of hydrogen-bond donors (Lipinski definition) is 0. The second-order valence-corrected chi connectivity index (χ2v) is 10.5. The van der Waals surface area contributed by atoms with Crippen LogP contribution < -0.4 is 9.04 Å². The van der Waals surface area contributed by atoms with Gasteiger partial charge in [-0.15, -0.1) is 11.3 Å². The number of carbonyl (C=O) groups excluding carboxylic acids is 2. The van der Waals surface area contributed by atoms with Crippen molar-refractivity contribution in [3.8, 4) is 5.75 Å². The van der Waals surface area contributed by atoms with E-state index in [1.807, 2.05) is 18.2 Å². The number of anilines is 1. The van der Waals surface area contributed by atoms with Gasteiger partial charge in [-0.05, 0) is 48.7 Å². The van der Waals surface area contributed by atoms with Crippen LogP contribution in [0.25, 0.3) is 11.0 Å². The summed E-state index contributed by atoms with van der Waals surface area (Å²) in [5.41, 5.74) is 1.73. The van der Waals surface area contributed by atoms with Crippen molar-refractivity contribution in [2.75, 3.05) is 24.6 Å². The number of aryl methyl sites for hydroxylation is 1. The maximum Gasteiger partial charge on any atom is 0.344 e. The number of ketones is 1. The molecule has 0 aliphatic carbocycles. The predicted octanol–water partition coefficient (Wildman–Crippen LogP) is 4.43. The summed E-state index contributed by atoms with van der Waals surface area (Å²) in [6, 6.07) is 16.7. The lowest BCUT2D eigenvalue weighted by Crippen LogP contribution is -2.25. The standard InChI is InChI=1S/C24H21NO7S2/c1-16-19-6-3-4-7-21(19)32-24(16)20(26)14-31-22(27)15-30-18-11-9-17(10-12-18)25(2)34(28,29)23-8-5-13-33-23/h3-13H,14-15H2,1-2H3. The molecule has 4 aromatic rings. The third-order valence-electron chi connectivity index (χ3n) is 5.13. The first-order chi connectivity index (χ1) is 16.3. The summed E-state index contributed by atoms with van der Waals surface area (Å²) in [5, 5.41) is 2.53. The van der Waals surface area contributed by atoms with Crippen LogP contribution in [-0.4, -0.2) is 40.4 Å². The average Bonchev–Trinajstić information content (AvgIpc) is 3.50. The van der Waals surface area contributed by atoms with Gasteiger partial charge in [-0.2, -0.15) is 0 Å². The lowest BCUT2D eigenvalue weighted by Gasteiger charge is -2.18. The molecule has 0 bridgehead atoms. The van der Waals surface area contributed by atoms with Crippen LogP contribution in [0.4, 0.5) is 5.69 Å². The number of nitrogens with zero attached hydrogens (tertiary/aromatic N) is 1. The zero-order valence-electron chi connectivity index (χ0n) is 18.4. The fourth-order valence-corrected chi connectivity index (χ4v) is 5.63. The fourth-order valence-electron chi connectivity index (χ4n) is 3.27. The van der Waals surface area contributed by atoms with Crippen LogP contribution in [0.5, 0.6) is 5.75 Å². The number of Topliss-reactive ketones (excluding diaryl/α,β-unsaturated/α-hetero) is 1. The van der Waals surface area contributed by atoms with E-state index in [1.165, 1.54) is 11.4 Å². The van der Waals surface area contributed by atoms with Crippen molar-refractivity contribution in [3.05, 3.63) is 77.4 Å². The molecule has 8 nitrogen and oxygen atoms in total. The average molecular weight is 500 g/mol. The second kappa shape index (κ2) is 9.70. The van der Waals surface area contributed by atoms with Crippen molar-refractivity contribution in [2.24, 2.45) is 0 Å². The number of ether oxygens (including phenoxy) is 2. The maximum absolute atomic E-state index is 12.6. The molecule has 0 saturated carbocycles. The maximum atomic E-state index is 12.6. The van der Waals surface area contributed by atoms with Gasteiger partial charge in [0.25, 0.3) is 10.0 Å². The number of carbonyl (C=O) groups is 2. The zero-order valence-corrected chi connectivity index (χ0v) is 20.0. The van der Waals surface area contributed by atoms with Gasteiger partial charge in [0.1, 0.15) is 15.5 Å². The van der Waals surface area contributed by atoms with Crippen LogP contribution in [0.1, 0.15) is 16.1 Å². The number of sulfonamides is 1. The minimum absolute atomic E-state index is 0.159. The molecular weight excluding hydrogens is 478 g/mol. The molecule has 0 aliphatic rings. The van der Waals surface area contributed by atoms with Crippen LogP contribution in [0.3, 0.4) is 0 Å². The Balaban J connectivity index is 1.30. The molecule has 4 rings (SSSR count). The molecule has 2 aromatic heterocycles. The van der Waals surface area contributed by atoms with E-state index < -0.39 is 35.0 Å². The number of benzene rings is 2. The van der Waals surface area contributed by atoms with E-state index in [-0.39, 0.29) is 9.97 Å². The molecule has 10 heteroatoms. The highest BCUT2D eigenvalue weighted by Crippen LogP contribution is 2.27. The topological polar surface area (TPSA) is 103 Å². The van der Waals surface area contributed by atoms with Crippen molar-refractivity contribution >= 4 is 49.8 Å². The lowest BCUT2D eigenvalue weighted by atomic mass is 10.1. The van der Waals surface area contributed by atoms with Crippen LogP contribution >= 0.6 is 11.3 Å². The fraction of sp³-hybridized carbons (Fsp3) is 0.167. The number of rotatable bonds is 9. The third kappa shape index (κ3) is 4.82. The zero-order chi connectivity index (χ0) is 24.3. The smallest absolute Gasteiger partial charge is 0.344 e. The number of thiophene rings is 1. The largest absolute Gasteiger partial charge is 0.482 e. The Kier molecular flexibility index (Phi) is 6.71. The van der Waals surface area contributed by atoms with Gasteiger partial charge in [0, 0.05) is 18.0 Å². The van der Waals surface area contributed by atoms with E-state index in [4.69, 9.17) is 13.9 Å². The molecule has 0 fully saturated rings. The van der Waals surface area contributed by atoms with Crippen LogP contribution in [0.2, 0.25) is 0 Å². The summed E-state index contributed by atoms with van der Waals surface area (Å²) in [6.07, 6.45) is 0. The molecule has 2 heterocycles. The van der Waals surface area contributed by atoms with Gasteiger partial charge in [0.15, 0.2) is 19.0 Å². The van der Waals surface area contributed by atoms with E-state index in [0.29, 0.717) is 22.6 Å². The number of furan rings is 1. The highest BCUT2D eigenvalue weighted by Gasteiger charge is 2.22. The van der Waals surface area contributed by atoms with Gasteiger partial charge >= 0.3 is 5.97 Å². The van der Waals surface area contributed by atoms with Crippen molar-refractivity contribution in [3.63, 3.8) is 0 Å². The summed E-state index contributed by atoms with van der Waals surface area (Å²) in [7, 11) is -2.18. The first-order valence-corrected chi connectivity index (χ1v) is 12.5. The molecule has 0 unspecified atom stereocenters. The quantitative estimate of drug-likeness (QED) is 0.248. The van der Waals surface area contributed by atoms with E-state index in [9.17, 15) is 18.0 Å². The van der Waals surface area contributed by atoms with Gasteiger partial charge in [0.05, 0.1) is 5.69 Å². The van der Waals surface area contributed by atoms with E-state index >= 15 is 0 Å². The van der Waals surface area contributed by atoms with E-state index in [1.54, 1.807) is 54.8 Å². The molecule has 0 saturated heterocycles. The summed E-state index contributed by atoms with van der Waals surface area (Å²) in [6.45, 7) is 0.902. The highest BCUT2D eigenvalue weighted by atomic mass is 32.2. The van der Waals surface area contributed by atoms with Gasteiger partial charge in [0.2, 0.25) is 5.78 Å². The summed E-state index contributed by atoms with van der Waals surface area (Å²) in [4.78, 5) is 24.4. The molecule has 34 heavy (non-hydrogen) atoms. The number of para-hydroxylation sites is 1. The van der Waals surface area contributed by atoms with E-state index in [2.05, 4.69) is 0 Å². The normalized spacial score (nSPS) is 11.4. The molecular formula is C24H21NO7S2. The van der Waals surface area contributed by atoms with Gasteiger partial charge in [-0.1, -0.05) is 24.3 Å². The number of hydrogen-bond acceptors (Lipinski definition) is 8. The second-order valence-electron chi connectivity index (χ2n) is 7.32. The molecule has 0 amide bonds. The van der Waals surface area contributed by atoms with Crippen LogP contribution in [-0.2, 0) is 19.6 Å². The molecule has 0 N–H and O–H groups in total. The lowest BCUT2D eigenvalue weighted by molar-refractivity contribution is -0.144. The summed E-state index contributed by atoms with van der Waals surface area (Å²) < 4.78 is 42.6. The number of esters is 1. The monoisotopic (exact) mass is 499 g/mol. The Hall–Kier alpha value is -3.63. The van der Waals surface area contributed by atoms with Crippen LogP contribution in [0, 0.1) is 6.92 Å². The minimum Gasteiger partial charge on any atom is -0.482 e.